The van der Waals surface area contributed by atoms with E-state index < -0.39 is 0 Å². The van der Waals surface area contributed by atoms with E-state index in [1.54, 1.807) is 18.5 Å². The molecule has 6 nitrogen and oxygen atoms in total. The first-order chi connectivity index (χ1) is 5.16. The van der Waals surface area contributed by atoms with E-state index in [-0.39, 0.29) is 5.84 Å². The summed E-state index contributed by atoms with van der Waals surface area (Å²) in [5.74, 6) is 1.05. The molecule has 0 atom stereocenters. The molecule has 0 saturated carbocycles. The van der Waals surface area contributed by atoms with Crippen molar-refractivity contribution in [2.75, 3.05) is 0 Å². The first-order valence-corrected chi connectivity index (χ1v) is 3.00. The summed E-state index contributed by atoms with van der Waals surface area (Å²) in [4.78, 5) is 0. The van der Waals surface area contributed by atoms with E-state index in [2.05, 4.69) is 15.4 Å². The number of nitrogens with zero attached hydrogens (tertiary/aromatic N) is 4. The van der Waals surface area contributed by atoms with Gasteiger partial charge in [-0.25, -0.2) is 0 Å². The zero-order chi connectivity index (χ0) is 8.43. The Balaban J connectivity index is 3.15. The lowest BCUT2D eigenvalue weighted by atomic mass is 10.5. The largest absolute Gasteiger partial charge is 0.409 e. The van der Waals surface area contributed by atoms with Gasteiger partial charge in [0.2, 0.25) is 11.7 Å². The minimum Gasteiger partial charge on any atom is -0.409 e. The van der Waals surface area contributed by atoms with Gasteiger partial charge in [-0.1, -0.05) is 5.16 Å². The van der Waals surface area contributed by atoms with Crippen LogP contribution in [0.15, 0.2) is 5.16 Å². The monoisotopic (exact) mass is 155 g/mol. The summed E-state index contributed by atoms with van der Waals surface area (Å²) >= 11 is 0. The number of oxime groups is 1. The number of hydrogen-bond donors (Lipinski definition) is 2. The van der Waals surface area contributed by atoms with Crippen molar-refractivity contribution in [2.24, 2.45) is 17.9 Å². The van der Waals surface area contributed by atoms with Gasteiger partial charge in [0.25, 0.3) is 0 Å². The average molecular weight is 155 g/mol. The van der Waals surface area contributed by atoms with Crippen molar-refractivity contribution in [3.05, 3.63) is 11.6 Å². The Morgan fingerprint density at radius 1 is 1.64 bits per heavy atom. The van der Waals surface area contributed by atoms with Crippen molar-refractivity contribution in [2.45, 2.75) is 6.92 Å². The molecule has 1 aromatic rings. The maximum Gasteiger partial charge on any atom is 0.208 e. The second-order valence-corrected chi connectivity index (χ2v) is 2.12. The van der Waals surface area contributed by atoms with Crippen molar-refractivity contribution in [1.82, 2.24) is 14.8 Å². The molecule has 3 N–H and O–H groups in total. The summed E-state index contributed by atoms with van der Waals surface area (Å²) in [5, 5.41) is 18.5. The third-order valence-electron chi connectivity index (χ3n) is 1.43. The Bertz CT molecular complexity index is 289. The number of hydrogen-bond acceptors (Lipinski definition) is 4. The van der Waals surface area contributed by atoms with Gasteiger partial charge in [-0.05, 0) is 6.92 Å². The van der Waals surface area contributed by atoms with Crippen molar-refractivity contribution < 1.29 is 5.21 Å². The summed E-state index contributed by atoms with van der Waals surface area (Å²) in [6, 6.07) is 0. The molecule has 0 aliphatic rings. The number of amidine groups is 1. The van der Waals surface area contributed by atoms with Gasteiger partial charge < -0.3 is 15.5 Å². The van der Waals surface area contributed by atoms with Gasteiger partial charge >= 0.3 is 0 Å². The minimum absolute atomic E-state index is 0.0342. The Hall–Kier alpha value is -1.59. The second-order valence-electron chi connectivity index (χ2n) is 2.12. The molecule has 0 aliphatic heterocycles. The first kappa shape index (κ1) is 7.52. The molecule has 0 spiro atoms. The van der Waals surface area contributed by atoms with Crippen molar-refractivity contribution in [1.29, 1.82) is 0 Å². The van der Waals surface area contributed by atoms with Gasteiger partial charge in [0.05, 0.1) is 0 Å². The zero-order valence-electron chi connectivity index (χ0n) is 6.31. The van der Waals surface area contributed by atoms with Crippen LogP contribution in [-0.2, 0) is 7.05 Å². The molecule has 11 heavy (non-hydrogen) atoms. The van der Waals surface area contributed by atoms with E-state index in [1.807, 2.05) is 0 Å². The molecule has 0 aliphatic carbocycles. The normalized spacial score (nSPS) is 12.0. The molecule has 0 unspecified atom stereocenters. The van der Waals surface area contributed by atoms with E-state index >= 15 is 0 Å². The Morgan fingerprint density at radius 2 is 2.27 bits per heavy atom. The molecule has 6 heteroatoms. The molecule has 1 heterocycles. The standard InChI is InChI=1S/C5H9N5O/c1-3-7-8-5(10(3)2)4(6)9-11/h11H,1-2H3,(H2,6,9). The topological polar surface area (TPSA) is 89.3 Å². The minimum atomic E-state index is -0.0342. The van der Waals surface area contributed by atoms with E-state index in [9.17, 15) is 0 Å². The lowest BCUT2D eigenvalue weighted by Crippen LogP contribution is -2.18. The summed E-state index contributed by atoms with van der Waals surface area (Å²) in [6.07, 6.45) is 0. The summed E-state index contributed by atoms with van der Waals surface area (Å²) < 4.78 is 1.63. The number of aromatic nitrogens is 3. The van der Waals surface area contributed by atoms with Crippen molar-refractivity contribution in [3.8, 4) is 0 Å². The van der Waals surface area contributed by atoms with Crippen LogP contribution in [0, 0.1) is 6.92 Å². The quantitative estimate of drug-likeness (QED) is 0.241. The van der Waals surface area contributed by atoms with Crippen LogP contribution in [-0.4, -0.2) is 25.8 Å². The molecule has 0 amide bonds. The molecule has 0 bridgehead atoms. The SMILES string of the molecule is Cc1nnc(/C(N)=N/O)n1C. The lowest BCUT2D eigenvalue weighted by molar-refractivity contribution is 0.318. The van der Waals surface area contributed by atoms with Gasteiger partial charge in [0.1, 0.15) is 5.82 Å². The third-order valence-corrected chi connectivity index (χ3v) is 1.43. The van der Waals surface area contributed by atoms with Crippen molar-refractivity contribution >= 4 is 5.84 Å². The van der Waals surface area contributed by atoms with Crippen LogP contribution < -0.4 is 5.73 Å². The molecular formula is C5H9N5O. The fourth-order valence-corrected chi connectivity index (χ4v) is 0.675. The van der Waals surface area contributed by atoms with Crippen LogP contribution in [0.5, 0.6) is 0 Å². The molecule has 1 aromatic heterocycles. The van der Waals surface area contributed by atoms with Crippen molar-refractivity contribution in [3.63, 3.8) is 0 Å². The van der Waals surface area contributed by atoms with E-state index in [0.29, 0.717) is 11.6 Å². The molecule has 0 fully saturated rings. The molecule has 1 rings (SSSR count). The molecule has 0 aromatic carbocycles. The van der Waals surface area contributed by atoms with Gasteiger partial charge in [0, 0.05) is 7.05 Å². The molecule has 0 saturated heterocycles. The van der Waals surface area contributed by atoms with Crippen LogP contribution >= 0.6 is 0 Å². The van der Waals surface area contributed by atoms with Crippen LogP contribution in [0.25, 0.3) is 0 Å². The Kier molecular flexibility index (Phi) is 1.75. The Morgan fingerprint density at radius 3 is 2.64 bits per heavy atom. The number of aryl methyl sites for hydroxylation is 1. The van der Waals surface area contributed by atoms with Crippen LogP contribution in [0.4, 0.5) is 0 Å². The van der Waals surface area contributed by atoms with E-state index in [4.69, 9.17) is 10.9 Å². The Labute approximate surface area is 63.3 Å². The average Bonchev–Trinajstić information content (AvgIpc) is 2.32. The molecule has 60 valence electrons. The van der Waals surface area contributed by atoms with Crippen LogP contribution in [0.1, 0.15) is 11.6 Å². The lowest BCUT2D eigenvalue weighted by Gasteiger charge is -1.96. The summed E-state index contributed by atoms with van der Waals surface area (Å²) in [6.45, 7) is 1.78. The van der Waals surface area contributed by atoms with Gasteiger partial charge in [-0.15, -0.1) is 10.2 Å². The smallest absolute Gasteiger partial charge is 0.208 e. The van der Waals surface area contributed by atoms with Crippen LogP contribution in [0.3, 0.4) is 0 Å². The summed E-state index contributed by atoms with van der Waals surface area (Å²) in [7, 11) is 1.74. The number of nitrogens with two attached hydrogens (primary N) is 1. The number of rotatable bonds is 1. The fraction of sp³-hybridized carbons (Fsp3) is 0.400. The molecular weight excluding hydrogens is 146 g/mol. The van der Waals surface area contributed by atoms with Gasteiger partial charge in [-0.2, -0.15) is 0 Å². The zero-order valence-corrected chi connectivity index (χ0v) is 6.31. The van der Waals surface area contributed by atoms with Crippen LogP contribution in [0.2, 0.25) is 0 Å². The first-order valence-electron chi connectivity index (χ1n) is 3.00. The second kappa shape index (κ2) is 2.57. The highest BCUT2D eigenvalue weighted by Crippen LogP contribution is 1.95. The maximum atomic E-state index is 8.30. The summed E-state index contributed by atoms with van der Waals surface area (Å²) in [5.41, 5.74) is 5.29. The predicted molar refractivity (Wildman–Crippen MR) is 38.3 cm³/mol. The fourth-order valence-electron chi connectivity index (χ4n) is 0.675. The highest BCUT2D eigenvalue weighted by atomic mass is 16.4. The predicted octanol–water partition coefficient (Wildman–Crippen LogP) is -0.782. The van der Waals surface area contributed by atoms with Gasteiger partial charge in [0.15, 0.2) is 0 Å². The maximum absolute atomic E-state index is 8.30. The molecule has 0 radical (unpaired) electrons. The highest BCUT2D eigenvalue weighted by Gasteiger charge is 2.08. The third kappa shape index (κ3) is 1.14. The van der Waals surface area contributed by atoms with E-state index in [1.165, 1.54) is 0 Å². The highest BCUT2D eigenvalue weighted by molar-refractivity contribution is 5.93. The van der Waals surface area contributed by atoms with Gasteiger partial charge in [-0.3, -0.25) is 0 Å². The van der Waals surface area contributed by atoms with E-state index in [0.717, 1.165) is 0 Å².